The zero-order valence-corrected chi connectivity index (χ0v) is 15.9. The van der Waals surface area contributed by atoms with Crippen LogP contribution in [0, 0.1) is 6.92 Å². The van der Waals surface area contributed by atoms with Gasteiger partial charge in [-0.2, -0.15) is 0 Å². The Morgan fingerprint density at radius 2 is 1.41 bits per heavy atom. The van der Waals surface area contributed by atoms with Gasteiger partial charge in [-0.3, -0.25) is 9.59 Å². The van der Waals surface area contributed by atoms with Crippen LogP contribution in [0.3, 0.4) is 0 Å². The molecule has 6 nitrogen and oxygen atoms in total. The van der Waals surface area contributed by atoms with Crippen LogP contribution < -0.4 is 9.47 Å². The number of amides is 2. The Labute approximate surface area is 159 Å². The van der Waals surface area contributed by atoms with Crippen molar-refractivity contribution in [1.29, 1.82) is 0 Å². The lowest BCUT2D eigenvalue weighted by Crippen LogP contribution is -2.50. The quantitative estimate of drug-likeness (QED) is 0.832. The summed E-state index contributed by atoms with van der Waals surface area (Å²) in [6.45, 7) is 4.00. The van der Waals surface area contributed by atoms with Crippen molar-refractivity contribution in [2.45, 2.75) is 6.92 Å². The summed E-state index contributed by atoms with van der Waals surface area (Å²) in [7, 11) is 3.10. The third-order valence-electron chi connectivity index (χ3n) is 4.79. The van der Waals surface area contributed by atoms with E-state index in [0.717, 1.165) is 5.56 Å². The van der Waals surface area contributed by atoms with Crippen molar-refractivity contribution in [3.63, 3.8) is 0 Å². The van der Waals surface area contributed by atoms with Gasteiger partial charge >= 0.3 is 0 Å². The summed E-state index contributed by atoms with van der Waals surface area (Å²) in [5, 5.41) is 0. The molecule has 142 valence electrons. The first-order chi connectivity index (χ1) is 13.0. The minimum Gasteiger partial charge on any atom is -0.497 e. The molecular formula is C21H24N2O4. The molecule has 2 amide bonds. The molecular weight excluding hydrogens is 344 g/mol. The van der Waals surface area contributed by atoms with Crippen molar-refractivity contribution in [2.24, 2.45) is 0 Å². The Hall–Kier alpha value is -3.02. The molecule has 1 fully saturated rings. The van der Waals surface area contributed by atoms with Crippen molar-refractivity contribution in [3.05, 3.63) is 59.2 Å². The second-order valence-electron chi connectivity index (χ2n) is 6.52. The number of methoxy groups -OCH3 is 2. The van der Waals surface area contributed by atoms with Crippen molar-refractivity contribution in [3.8, 4) is 11.5 Å². The number of benzene rings is 2. The van der Waals surface area contributed by atoms with Gasteiger partial charge in [0.1, 0.15) is 11.5 Å². The molecule has 2 aromatic rings. The van der Waals surface area contributed by atoms with Crippen LogP contribution in [0.4, 0.5) is 0 Å². The van der Waals surface area contributed by atoms with Crippen LogP contribution in [0.15, 0.2) is 42.5 Å². The first-order valence-corrected chi connectivity index (χ1v) is 8.90. The van der Waals surface area contributed by atoms with Gasteiger partial charge in [0, 0.05) is 37.8 Å². The van der Waals surface area contributed by atoms with Gasteiger partial charge in [-0.1, -0.05) is 17.7 Å². The zero-order valence-electron chi connectivity index (χ0n) is 15.9. The molecule has 1 heterocycles. The van der Waals surface area contributed by atoms with Crippen molar-refractivity contribution < 1.29 is 19.1 Å². The van der Waals surface area contributed by atoms with Crippen LogP contribution in [0.1, 0.15) is 26.3 Å². The van der Waals surface area contributed by atoms with Gasteiger partial charge in [-0.15, -0.1) is 0 Å². The molecule has 2 aromatic carbocycles. The SMILES string of the molecule is COc1ccc(C(=O)N2CCN(C(=O)c3ccc(C)cc3)CC2)c(OC)c1. The van der Waals surface area contributed by atoms with Gasteiger partial charge in [0.15, 0.2) is 0 Å². The standard InChI is InChI=1S/C21H24N2O4/c1-15-4-6-16(7-5-15)20(24)22-10-12-23(13-11-22)21(25)18-9-8-17(26-2)14-19(18)27-3/h4-9,14H,10-13H2,1-3H3. The molecule has 0 aliphatic carbocycles. The van der Waals surface area contributed by atoms with Gasteiger partial charge < -0.3 is 19.3 Å². The van der Waals surface area contributed by atoms with Crippen molar-refractivity contribution in [1.82, 2.24) is 9.80 Å². The molecule has 0 bridgehead atoms. The van der Waals surface area contributed by atoms with Crippen molar-refractivity contribution in [2.75, 3.05) is 40.4 Å². The molecule has 0 N–H and O–H groups in total. The average molecular weight is 368 g/mol. The van der Waals surface area contributed by atoms with E-state index in [9.17, 15) is 9.59 Å². The van der Waals surface area contributed by atoms with Crippen molar-refractivity contribution >= 4 is 11.8 Å². The van der Waals surface area contributed by atoms with E-state index in [0.29, 0.717) is 48.8 Å². The Bertz CT molecular complexity index is 825. The number of nitrogens with zero attached hydrogens (tertiary/aromatic N) is 2. The highest BCUT2D eigenvalue weighted by Gasteiger charge is 2.27. The lowest BCUT2D eigenvalue weighted by Gasteiger charge is -2.35. The van der Waals surface area contributed by atoms with E-state index in [-0.39, 0.29) is 11.8 Å². The molecule has 0 radical (unpaired) electrons. The fourth-order valence-corrected chi connectivity index (χ4v) is 3.14. The highest BCUT2D eigenvalue weighted by Crippen LogP contribution is 2.26. The topological polar surface area (TPSA) is 59.1 Å². The van der Waals surface area contributed by atoms with Crippen LogP contribution in [-0.2, 0) is 0 Å². The predicted octanol–water partition coefficient (Wildman–Crippen LogP) is 2.61. The minimum absolute atomic E-state index is 0.00382. The first kappa shape index (κ1) is 18.8. The third-order valence-corrected chi connectivity index (χ3v) is 4.79. The second-order valence-corrected chi connectivity index (χ2v) is 6.52. The maximum Gasteiger partial charge on any atom is 0.257 e. The lowest BCUT2D eigenvalue weighted by molar-refractivity contribution is 0.0533. The smallest absolute Gasteiger partial charge is 0.257 e. The molecule has 27 heavy (non-hydrogen) atoms. The van der Waals surface area contributed by atoms with Gasteiger partial charge in [-0.05, 0) is 31.2 Å². The van der Waals surface area contributed by atoms with E-state index in [4.69, 9.17) is 9.47 Å². The molecule has 0 unspecified atom stereocenters. The van der Waals surface area contributed by atoms with E-state index in [2.05, 4.69) is 0 Å². The summed E-state index contributed by atoms with van der Waals surface area (Å²) < 4.78 is 10.5. The number of hydrogen-bond donors (Lipinski definition) is 0. The molecule has 1 aliphatic rings. The maximum atomic E-state index is 12.9. The van der Waals surface area contributed by atoms with Gasteiger partial charge in [0.05, 0.1) is 19.8 Å². The Morgan fingerprint density at radius 3 is 1.96 bits per heavy atom. The number of carbonyl (C=O) groups excluding carboxylic acids is 2. The lowest BCUT2D eigenvalue weighted by atomic mass is 10.1. The maximum absolute atomic E-state index is 12.9. The van der Waals surface area contributed by atoms with E-state index >= 15 is 0 Å². The molecule has 0 saturated carbocycles. The Kier molecular flexibility index (Phi) is 5.64. The normalized spacial score (nSPS) is 14.0. The number of rotatable bonds is 4. The highest BCUT2D eigenvalue weighted by atomic mass is 16.5. The van der Waals surface area contributed by atoms with Crippen LogP contribution in [0.2, 0.25) is 0 Å². The summed E-state index contributed by atoms with van der Waals surface area (Å²) in [4.78, 5) is 29.0. The third kappa shape index (κ3) is 4.05. The fraction of sp³-hybridized carbons (Fsp3) is 0.333. The van der Waals surface area contributed by atoms with E-state index in [1.807, 2.05) is 31.2 Å². The van der Waals surface area contributed by atoms with E-state index in [1.165, 1.54) is 7.11 Å². The van der Waals surface area contributed by atoms with E-state index in [1.54, 1.807) is 35.1 Å². The molecule has 0 aromatic heterocycles. The fourth-order valence-electron chi connectivity index (χ4n) is 3.14. The molecule has 1 aliphatic heterocycles. The number of carbonyl (C=O) groups is 2. The molecule has 6 heteroatoms. The number of ether oxygens (including phenoxy) is 2. The summed E-state index contributed by atoms with van der Waals surface area (Å²) in [5.41, 5.74) is 2.30. The largest absolute Gasteiger partial charge is 0.497 e. The number of piperazine rings is 1. The summed E-state index contributed by atoms with van der Waals surface area (Å²) >= 11 is 0. The monoisotopic (exact) mass is 368 g/mol. The van der Waals surface area contributed by atoms with Gasteiger partial charge in [-0.25, -0.2) is 0 Å². The number of hydrogen-bond acceptors (Lipinski definition) is 4. The highest BCUT2D eigenvalue weighted by molar-refractivity contribution is 5.98. The van der Waals surface area contributed by atoms with Gasteiger partial charge in [0.25, 0.3) is 11.8 Å². The molecule has 3 rings (SSSR count). The first-order valence-electron chi connectivity index (χ1n) is 8.90. The van der Waals surface area contributed by atoms with Crippen LogP contribution >= 0.6 is 0 Å². The zero-order chi connectivity index (χ0) is 19.4. The summed E-state index contributed by atoms with van der Waals surface area (Å²) in [6, 6.07) is 12.7. The Morgan fingerprint density at radius 1 is 0.815 bits per heavy atom. The van der Waals surface area contributed by atoms with Gasteiger partial charge in [0.2, 0.25) is 0 Å². The molecule has 0 atom stereocenters. The van der Waals surface area contributed by atoms with Crippen LogP contribution in [0.25, 0.3) is 0 Å². The minimum atomic E-state index is -0.100. The summed E-state index contributed by atoms with van der Waals surface area (Å²) in [6.07, 6.45) is 0. The average Bonchev–Trinajstić information content (AvgIpc) is 2.73. The number of aryl methyl sites for hydroxylation is 1. The molecule has 0 spiro atoms. The second kappa shape index (κ2) is 8.12. The summed E-state index contributed by atoms with van der Waals surface area (Å²) in [5.74, 6) is 1.02. The van der Waals surface area contributed by atoms with E-state index < -0.39 is 0 Å². The van der Waals surface area contributed by atoms with Crippen LogP contribution in [-0.4, -0.2) is 62.0 Å². The molecule has 1 saturated heterocycles. The predicted molar refractivity (Wildman–Crippen MR) is 103 cm³/mol. The van der Waals surface area contributed by atoms with Crippen LogP contribution in [0.5, 0.6) is 11.5 Å². The Balaban J connectivity index is 1.66.